The first-order chi connectivity index (χ1) is 16.7. The molecule has 11 heteroatoms. The number of benzene rings is 3. The van der Waals surface area contributed by atoms with Crippen LogP contribution in [0, 0.1) is 0 Å². The number of nitrogens with zero attached hydrogens (tertiary/aromatic N) is 1. The highest BCUT2D eigenvalue weighted by atomic mass is 32.2. The van der Waals surface area contributed by atoms with Crippen molar-refractivity contribution in [2.45, 2.75) is 4.90 Å². The Morgan fingerprint density at radius 1 is 1.03 bits per heavy atom. The number of thioether (sulfide) groups is 1. The molecule has 0 saturated carbocycles. The summed E-state index contributed by atoms with van der Waals surface area (Å²) in [6.45, 7) is -0.282. The van der Waals surface area contributed by atoms with Crippen LogP contribution in [0.2, 0.25) is 0 Å². The predicted octanol–water partition coefficient (Wildman–Crippen LogP) is 3.97. The van der Waals surface area contributed by atoms with E-state index in [1.54, 1.807) is 12.1 Å². The number of amides is 2. The SMILES string of the molecule is NS(=O)(=O)c1ccc(NC(=O)CN2C(=O)/C(=C/c3cccc(Oc4ccccc4)c3)SC2=S)cc1. The Hall–Kier alpha value is -3.51. The number of sulfonamides is 1. The Labute approximate surface area is 211 Å². The molecule has 1 aliphatic rings. The molecule has 1 aliphatic heterocycles. The average molecular weight is 526 g/mol. The van der Waals surface area contributed by atoms with Gasteiger partial charge < -0.3 is 10.1 Å². The lowest BCUT2D eigenvalue weighted by Crippen LogP contribution is -2.36. The number of carbonyl (C=O) groups excluding carboxylic acids is 2. The lowest BCUT2D eigenvalue weighted by atomic mass is 10.2. The van der Waals surface area contributed by atoms with Crippen molar-refractivity contribution in [2.24, 2.45) is 5.14 Å². The number of thiocarbonyl (C=S) groups is 1. The Balaban J connectivity index is 1.41. The van der Waals surface area contributed by atoms with Crippen molar-refractivity contribution in [3.8, 4) is 11.5 Å². The molecule has 0 unspecified atom stereocenters. The van der Waals surface area contributed by atoms with Gasteiger partial charge in [-0.25, -0.2) is 13.6 Å². The van der Waals surface area contributed by atoms with Crippen LogP contribution in [0.4, 0.5) is 5.69 Å². The van der Waals surface area contributed by atoms with Gasteiger partial charge in [0.25, 0.3) is 5.91 Å². The van der Waals surface area contributed by atoms with Crippen LogP contribution in [0.1, 0.15) is 5.56 Å². The second kappa shape index (κ2) is 10.4. The van der Waals surface area contributed by atoms with Crippen molar-refractivity contribution < 1.29 is 22.7 Å². The molecule has 0 radical (unpaired) electrons. The average Bonchev–Trinajstić information content (AvgIpc) is 3.07. The third-order valence-electron chi connectivity index (χ3n) is 4.78. The van der Waals surface area contributed by atoms with Crippen molar-refractivity contribution in [1.82, 2.24) is 4.90 Å². The second-order valence-electron chi connectivity index (χ2n) is 7.37. The van der Waals surface area contributed by atoms with Crippen molar-refractivity contribution in [1.29, 1.82) is 0 Å². The highest BCUT2D eigenvalue weighted by Gasteiger charge is 2.33. The van der Waals surface area contributed by atoms with Gasteiger partial charge in [-0.3, -0.25) is 14.5 Å². The molecule has 3 N–H and O–H groups in total. The van der Waals surface area contributed by atoms with E-state index in [-0.39, 0.29) is 21.7 Å². The number of carbonyl (C=O) groups is 2. The maximum Gasteiger partial charge on any atom is 0.266 e. The molecule has 1 saturated heterocycles. The first kappa shape index (κ1) is 24.6. The highest BCUT2D eigenvalue weighted by Crippen LogP contribution is 2.33. The number of primary sulfonamides is 1. The van der Waals surface area contributed by atoms with Crippen molar-refractivity contribution >= 4 is 61.9 Å². The van der Waals surface area contributed by atoms with Gasteiger partial charge in [-0.2, -0.15) is 0 Å². The largest absolute Gasteiger partial charge is 0.457 e. The van der Waals surface area contributed by atoms with Crippen LogP contribution in [0.25, 0.3) is 6.08 Å². The molecule has 0 aromatic heterocycles. The number of anilines is 1. The minimum absolute atomic E-state index is 0.0733. The van der Waals surface area contributed by atoms with Gasteiger partial charge in [-0.15, -0.1) is 0 Å². The molecular weight excluding hydrogens is 506 g/mol. The summed E-state index contributed by atoms with van der Waals surface area (Å²) in [4.78, 5) is 26.9. The molecule has 1 heterocycles. The summed E-state index contributed by atoms with van der Waals surface area (Å²) in [5, 5.41) is 7.68. The first-order valence-corrected chi connectivity index (χ1v) is 13.0. The fraction of sp³-hybridized carbons (Fsp3) is 0.0417. The van der Waals surface area contributed by atoms with Crippen LogP contribution in [0.5, 0.6) is 11.5 Å². The minimum atomic E-state index is -3.83. The molecule has 1 fully saturated rings. The Morgan fingerprint density at radius 3 is 2.40 bits per heavy atom. The monoisotopic (exact) mass is 525 g/mol. The van der Waals surface area contributed by atoms with E-state index in [4.69, 9.17) is 22.1 Å². The maximum absolute atomic E-state index is 12.9. The summed E-state index contributed by atoms with van der Waals surface area (Å²) >= 11 is 6.41. The zero-order valence-corrected chi connectivity index (χ0v) is 20.5. The fourth-order valence-electron chi connectivity index (χ4n) is 3.15. The zero-order valence-electron chi connectivity index (χ0n) is 18.1. The van der Waals surface area contributed by atoms with Crippen LogP contribution < -0.4 is 15.2 Å². The number of para-hydroxylation sites is 1. The molecule has 0 atom stereocenters. The minimum Gasteiger partial charge on any atom is -0.457 e. The summed E-state index contributed by atoms with van der Waals surface area (Å²) in [5.41, 5.74) is 1.11. The second-order valence-corrected chi connectivity index (χ2v) is 10.6. The molecule has 3 aromatic rings. The molecule has 178 valence electrons. The number of nitrogens with two attached hydrogens (primary N) is 1. The van der Waals surface area contributed by atoms with E-state index in [0.717, 1.165) is 17.3 Å². The van der Waals surface area contributed by atoms with E-state index >= 15 is 0 Å². The van der Waals surface area contributed by atoms with E-state index in [2.05, 4.69) is 5.32 Å². The summed E-state index contributed by atoms with van der Waals surface area (Å²) in [6.07, 6.45) is 1.70. The van der Waals surface area contributed by atoms with E-state index in [1.807, 2.05) is 48.5 Å². The molecule has 4 rings (SSSR count). The van der Waals surface area contributed by atoms with Crippen LogP contribution in [0.15, 0.2) is 88.7 Å². The van der Waals surface area contributed by atoms with Gasteiger partial charge in [0.15, 0.2) is 0 Å². The van der Waals surface area contributed by atoms with E-state index in [1.165, 1.54) is 29.2 Å². The number of hydrogen-bond acceptors (Lipinski definition) is 7. The van der Waals surface area contributed by atoms with E-state index in [9.17, 15) is 18.0 Å². The standard InChI is InChI=1S/C24H19N3O5S3/c25-35(30,31)20-11-9-17(10-12-20)26-22(28)15-27-23(29)21(34-24(27)33)14-16-5-4-8-19(13-16)32-18-6-2-1-3-7-18/h1-14H,15H2,(H,26,28)(H2,25,30,31)/b21-14-. The van der Waals surface area contributed by atoms with Crippen LogP contribution in [-0.2, 0) is 19.6 Å². The molecule has 35 heavy (non-hydrogen) atoms. The summed E-state index contributed by atoms with van der Waals surface area (Å²) < 4.78 is 28.8. The van der Waals surface area contributed by atoms with Crippen LogP contribution in [-0.4, -0.2) is 36.0 Å². The number of rotatable bonds is 7. The molecule has 0 aliphatic carbocycles. The van der Waals surface area contributed by atoms with Crippen molar-refractivity contribution in [3.05, 3.63) is 89.3 Å². The normalized spacial score (nSPS) is 14.9. The molecule has 3 aromatic carbocycles. The predicted molar refractivity (Wildman–Crippen MR) is 139 cm³/mol. The number of hydrogen-bond donors (Lipinski definition) is 2. The van der Waals surface area contributed by atoms with Crippen molar-refractivity contribution in [3.63, 3.8) is 0 Å². The van der Waals surface area contributed by atoms with Gasteiger partial charge >= 0.3 is 0 Å². The van der Waals surface area contributed by atoms with Crippen LogP contribution in [0.3, 0.4) is 0 Å². The molecule has 0 spiro atoms. The van der Waals surface area contributed by atoms with Crippen molar-refractivity contribution in [2.75, 3.05) is 11.9 Å². The Morgan fingerprint density at radius 2 is 1.71 bits per heavy atom. The number of nitrogens with one attached hydrogen (secondary N) is 1. The zero-order chi connectivity index (χ0) is 25.0. The summed E-state index contributed by atoms with van der Waals surface area (Å²) in [5.74, 6) is 0.452. The lowest BCUT2D eigenvalue weighted by molar-refractivity contribution is -0.126. The Bertz CT molecular complexity index is 1420. The van der Waals surface area contributed by atoms with Gasteiger partial charge in [0.05, 0.1) is 9.80 Å². The lowest BCUT2D eigenvalue weighted by Gasteiger charge is -2.14. The number of ether oxygens (including phenoxy) is 1. The van der Waals surface area contributed by atoms with Crippen LogP contribution >= 0.6 is 24.0 Å². The Kier molecular flexibility index (Phi) is 7.31. The molecule has 8 nitrogen and oxygen atoms in total. The topological polar surface area (TPSA) is 119 Å². The first-order valence-electron chi connectivity index (χ1n) is 10.2. The quantitative estimate of drug-likeness (QED) is 0.354. The molecular formula is C24H19N3O5S3. The van der Waals surface area contributed by atoms with Gasteiger partial charge in [-0.05, 0) is 60.2 Å². The van der Waals surface area contributed by atoms with Gasteiger partial charge in [-0.1, -0.05) is 54.3 Å². The summed E-state index contributed by atoms with van der Waals surface area (Å²) in [6, 6.07) is 22.0. The van der Waals surface area contributed by atoms with Gasteiger partial charge in [0.1, 0.15) is 22.4 Å². The van der Waals surface area contributed by atoms with Gasteiger partial charge in [0.2, 0.25) is 15.9 Å². The molecule has 2 amide bonds. The molecule has 0 bridgehead atoms. The third-order valence-corrected chi connectivity index (χ3v) is 7.08. The smallest absolute Gasteiger partial charge is 0.266 e. The fourth-order valence-corrected chi connectivity index (χ4v) is 4.92. The van der Waals surface area contributed by atoms with E-state index < -0.39 is 15.9 Å². The summed E-state index contributed by atoms with van der Waals surface area (Å²) in [7, 11) is -3.83. The van der Waals surface area contributed by atoms with E-state index in [0.29, 0.717) is 22.1 Å². The third kappa shape index (κ3) is 6.34. The maximum atomic E-state index is 12.9. The highest BCUT2D eigenvalue weighted by molar-refractivity contribution is 8.26. The van der Waals surface area contributed by atoms with Gasteiger partial charge in [0, 0.05) is 5.69 Å².